The molecule has 78 valence electrons. The van der Waals surface area contributed by atoms with Gasteiger partial charge in [-0.3, -0.25) is 0 Å². The Bertz CT molecular complexity index is 163. The Morgan fingerprint density at radius 1 is 1.31 bits per heavy atom. The first-order chi connectivity index (χ1) is 5.63. The molecule has 0 aromatic heterocycles. The molecule has 0 spiro atoms. The third-order valence-electron chi connectivity index (χ3n) is 2.42. The zero-order valence-corrected chi connectivity index (χ0v) is 9.96. The summed E-state index contributed by atoms with van der Waals surface area (Å²) in [5.74, 6) is 0.457. The van der Waals surface area contributed by atoms with E-state index in [-0.39, 0.29) is 18.4 Å². The fourth-order valence-electron chi connectivity index (χ4n) is 1.43. The minimum absolute atomic E-state index is 0. The number of nitrogens with two attached hydrogens (primary N) is 1. The second kappa shape index (κ2) is 5.78. The van der Waals surface area contributed by atoms with Crippen molar-refractivity contribution in [2.45, 2.75) is 32.7 Å². The summed E-state index contributed by atoms with van der Waals surface area (Å²) in [6.45, 7) is 6.46. The molecule has 0 aliphatic carbocycles. The SMILES string of the molecule is CC(C)[C@H](N)C(=S)N1CCCC1.Cl. The second-order valence-corrected chi connectivity index (χ2v) is 4.22. The highest BCUT2D eigenvalue weighted by molar-refractivity contribution is 7.80. The summed E-state index contributed by atoms with van der Waals surface area (Å²) in [6, 6.07) is 0.0677. The Kier molecular flexibility index (Phi) is 5.85. The van der Waals surface area contributed by atoms with Crippen LogP contribution in [0.1, 0.15) is 26.7 Å². The zero-order chi connectivity index (χ0) is 9.14. The van der Waals surface area contributed by atoms with Crippen LogP contribution in [-0.4, -0.2) is 29.0 Å². The van der Waals surface area contributed by atoms with Crippen LogP contribution in [0.5, 0.6) is 0 Å². The topological polar surface area (TPSA) is 29.3 Å². The first-order valence-corrected chi connectivity index (χ1v) is 5.08. The Labute approximate surface area is 92.3 Å². The number of hydrogen-bond acceptors (Lipinski definition) is 2. The maximum atomic E-state index is 5.96. The quantitative estimate of drug-likeness (QED) is 0.723. The molecule has 1 aliphatic rings. The summed E-state index contributed by atoms with van der Waals surface area (Å²) in [5, 5.41) is 0. The molecular formula is C9H19ClN2S. The lowest BCUT2D eigenvalue weighted by Gasteiger charge is -2.25. The number of halogens is 1. The van der Waals surface area contributed by atoms with Gasteiger partial charge in [0.25, 0.3) is 0 Å². The van der Waals surface area contributed by atoms with Gasteiger partial charge < -0.3 is 10.6 Å². The Morgan fingerprint density at radius 3 is 2.15 bits per heavy atom. The summed E-state index contributed by atoms with van der Waals surface area (Å²) in [7, 11) is 0. The minimum Gasteiger partial charge on any atom is -0.365 e. The maximum Gasteiger partial charge on any atom is 0.0952 e. The van der Waals surface area contributed by atoms with Crippen LogP contribution in [-0.2, 0) is 0 Å². The van der Waals surface area contributed by atoms with Crippen molar-refractivity contribution < 1.29 is 0 Å². The van der Waals surface area contributed by atoms with Gasteiger partial charge in [0.05, 0.1) is 11.0 Å². The monoisotopic (exact) mass is 222 g/mol. The fraction of sp³-hybridized carbons (Fsp3) is 0.889. The largest absolute Gasteiger partial charge is 0.365 e. The highest BCUT2D eigenvalue weighted by atomic mass is 35.5. The third kappa shape index (κ3) is 3.41. The van der Waals surface area contributed by atoms with Gasteiger partial charge in [0, 0.05) is 13.1 Å². The maximum absolute atomic E-state index is 5.96. The van der Waals surface area contributed by atoms with Gasteiger partial charge in [0.1, 0.15) is 0 Å². The van der Waals surface area contributed by atoms with Gasteiger partial charge in [-0.2, -0.15) is 0 Å². The van der Waals surface area contributed by atoms with Crippen molar-refractivity contribution in [3.8, 4) is 0 Å². The molecule has 1 fully saturated rings. The second-order valence-electron chi connectivity index (χ2n) is 3.80. The molecular weight excluding hydrogens is 204 g/mol. The van der Waals surface area contributed by atoms with E-state index in [1.54, 1.807) is 0 Å². The van der Waals surface area contributed by atoms with E-state index in [1.165, 1.54) is 12.8 Å². The highest BCUT2D eigenvalue weighted by Gasteiger charge is 2.21. The van der Waals surface area contributed by atoms with Gasteiger partial charge in [-0.05, 0) is 18.8 Å². The summed E-state index contributed by atoms with van der Waals surface area (Å²) >= 11 is 5.31. The first kappa shape index (κ1) is 13.1. The van der Waals surface area contributed by atoms with Crippen LogP contribution < -0.4 is 5.73 Å². The van der Waals surface area contributed by atoms with Gasteiger partial charge in [-0.15, -0.1) is 12.4 Å². The predicted molar refractivity (Wildman–Crippen MR) is 63.5 cm³/mol. The normalized spacial score (nSPS) is 18.6. The van der Waals surface area contributed by atoms with E-state index in [0.717, 1.165) is 18.1 Å². The molecule has 2 N–H and O–H groups in total. The Hall–Kier alpha value is 0.140. The lowest BCUT2D eigenvalue weighted by molar-refractivity contribution is 0.476. The van der Waals surface area contributed by atoms with E-state index in [9.17, 15) is 0 Å². The molecule has 0 aromatic rings. The summed E-state index contributed by atoms with van der Waals surface area (Å²) < 4.78 is 0. The van der Waals surface area contributed by atoms with Crippen LogP contribution in [0, 0.1) is 5.92 Å². The number of rotatable bonds is 2. The molecule has 0 bridgehead atoms. The van der Waals surface area contributed by atoms with E-state index >= 15 is 0 Å². The van der Waals surface area contributed by atoms with Crippen LogP contribution in [0.4, 0.5) is 0 Å². The molecule has 1 saturated heterocycles. The molecule has 1 heterocycles. The summed E-state index contributed by atoms with van der Waals surface area (Å²) in [5.41, 5.74) is 5.96. The van der Waals surface area contributed by atoms with Gasteiger partial charge in [-0.1, -0.05) is 26.1 Å². The Balaban J connectivity index is 0.00000144. The van der Waals surface area contributed by atoms with Gasteiger partial charge in [0.2, 0.25) is 0 Å². The van der Waals surface area contributed by atoms with Gasteiger partial charge >= 0.3 is 0 Å². The summed E-state index contributed by atoms with van der Waals surface area (Å²) in [4.78, 5) is 3.21. The van der Waals surface area contributed by atoms with Gasteiger partial charge in [0.15, 0.2) is 0 Å². The summed E-state index contributed by atoms with van der Waals surface area (Å²) in [6.07, 6.45) is 2.54. The lowest BCUT2D eigenvalue weighted by atomic mass is 10.1. The number of nitrogens with zero attached hydrogens (tertiary/aromatic N) is 1. The van der Waals surface area contributed by atoms with E-state index in [2.05, 4.69) is 18.7 Å². The van der Waals surface area contributed by atoms with Crippen molar-refractivity contribution in [1.29, 1.82) is 0 Å². The molecule has 0 radical (unpaired) electrons. The van der Waals surface area contributed by atoms with Crippen LogP contribution in [0.3, 0.4) is 0 Å². The average Bonchev–Trinajstić information content (AvgIpc) is 2.53. The van der Waals surface area contributed by atoms with E-state index in [0.29, 0.717) is 5.92 Å². The zero-order valence-electron chi connectivity index (χ0n) is 8.32. The molecule has 1 rings (SSSR count). The average molecular weight is 223 g/mol. The van der Waals surface area contributed by atoms with E-state index < -0.39 is 0 Å². The third-order valence-corrected chi connectivity index (χ3v) is 2.95. The molecule has 4 heteroatoms. The Morgan fingerprint density at radius 2 is 1.77 bits per heavy atom. The highest BCUT2D eigenvalue weighted by Crippen LogP contribution is 2.12. The van der Waals surface area contributed by atoms with Crippen LogP contribution in [0.25, 0.3) is 0 Å². The smallest absolute Gasteiger partial charge is 0.0952 e. The molecule has 2 nitrogen and oxygen atoms in total. The van der Waals surface area contributed by atoms with Crippen molar-refractivity contribution in [2.75, 3.05) is 13.1 Å². The van der Waals surface area contributed by atoms with Crippen LogP contribution in [0.15, 0.2) is 0 Å². The van der Waals surface area contributed by atoms with Crippen molar-refractivity contribution in [1.82, 2.24) is 4.90 Å². The van der Waals surface area contributed by atoms with Crippen molar-refractivity contribution in [3.63, 3.8) is 0 Å². The minimum atomic E-state index is 0. The van der Waals surface area contributed by atoms with E-state index in [1.807, 2.05) is 0 Å². The molecule has 0 unspecified atom stereocenters. The molecule has 0 amide bonds. The van der Waals surface area contributed by atoms with Crippen molar-refractivity contribution in [3.05, 3.63) is 0 Å². The van der Waals surface area contributed by atoms with Crippen LogP contribution in [0.2, 0.25) is 0 Å². The van der Waals surface area contributed by atoms with Crippen molar-refractivity contribution >= 4 is 29.6 Å². The predicted octanol–water partition coefficient (Wildman–Crippen LogP) is 1.81. The fourth-order valence-corrected chi connectivity index (χ4v) is 1.89. The van der Waals surface area contributed by atoms with Crippen molar-refractivity contribution in [2.24, 2.45) is 11.7 Å². The number of hydrogen-bond donors (Lipinski definition) is 1. The molecule has 0 aromatic carbocycles. The number of likely N-dealkylation sites (tertiary alicyclic amines) is 1. The van der Waals surface area contributed by atoms with Crippen LogP contribution >= 0.6 is 24.6 Å². The van der Waals surface area contributed by atoms with Gasteiger partial charge in [-0.25, -0.2) is 0 Å². The molecule has 13 heavy (non-hydrogen) atoms. The standard InChI is InChI=1S/C9H18N2S.ClH/c1-7(2)8(10)9(12)11-5-3-4-6-11;/h7-8H,3-6,10H2,1-2H3;1H/t8-;/m0./s1. The molecule has 1 atom stereocenters. The number of thiocarbonyl (C=S) groups is 1. The molecule has 0 saturated carbocycles. The van der Waals surface area contributed by atoms with E-state index in [4.69, 9.17) is 18.0 Å². The lowest BCUT2D eigenvalue weighted by Crippen LogP contribution is -2.44. The molecule has 1 aliphatic heterocycles. The first-order valence-electron chi connectivity index (χ1n) is 4.67.